The second kappa shape index (κ2) is 5.63. The molecular formula is C12H18FN. The fourth-order valence-corrected chi connectivity index (χ4v) is 1.41. The first-order valence-electron chi connectivity index (χ1n) is 5.24. The normalized spacial score (nSPS) is 12.5. The van der Waals surface area contributed by atoms with Crippen molar-refractivity contribution >= 4 is 5.69 Å². The minimum absolute atomic E-state index is 0.184. The van der Waals surface area contributed by atoms with E-state index in [9.17, 15) is 4.39 Å². The van der Waals surface area contributed by atoms with E-state index < -0.39 is 0 Å². The highest BCUT2D eigenvalue weighted by atomic mass is 19.1. The molecule has 1 rings (SSSR count). The van der Waals surface area contributed by atoms with Crippen LogP contribution in [0.1, 0.15) is 33.1 Å². The maximum Gasteiger partial charge on any atom is 0.123 e. The van der Waals surface area contributed by atoms with Crippen LogP contribution in [-0.2, 0) is 0 Å². The van der Waals surface area contributed by atoms with E-state index in [2.05, 4.69) is 19.2 Å². The van der Waals surface area contributed by atoms with Gasteiger partial charge in [-0.3, -0.25) is 0 Å². The highest BCUT2D eigenvalue weighted by molar-refractivity contribution is 5.43. The van der Waals surface area contributed by atoms with Gasteiger partial charge >= 0.3 is 0 Å². The van der Waals surface area contributed by atoms with Crippen LogP contribution in [0.25, 0.3) is 0 Å². The van der Waals surface area contributed by atoms with Crippen LogP contribution < -0.4 is 5.32 Å². The van der Waals surface area contributed by atoms with Crippen LogP contribution in [0.2, 0.25) is 0 Å². The molecule has 0 aliphatic heterocycles. The van der Waals surface area contributed by atoms with Crippen LogP contribution in [0.4, 0.5) is 10.1 Å². The maximum absolute atomic E-state index is 12.6. The number of rotatable bonds is 5. The minimum Gasteiger partial charge on any atom is -0.383 e. The molecule has 2 heteroatoms. The summed E-state index contributed by atoms with van der Waals surface area (Å²) in [6, 6.07) is 6.97. The molecule has 0 amide bonds. The number of benzene rings is 1. The zero-order valence-corrected chi connectivity index (χ0v) is 8.89. The first kappa shape index (κ1) is 11.0. The molecule has 14 heavy (non-hydrogen) atoms. The highest BCUT2D eigenvalue weighted by Gasteiger charge is 2.00. The molecule has 0 aliphatic rings. The fraction of sp³-hybridized carbons (Fsp3) is 0.500. The lowest BCUT2D eigenvalue weighted by Gasteiger charge is -2.14. The van der Waals surface area contributed by atoms with Gasteiger partial charge in [-0.2, -0.15) is 0 Å². The summed E-state index contributed by atoms with van der Waals surface area (Å²) in [4.78, 5) is 0. The molecule has 1 aromatic rings. The summed E-state index contributed by atoms with van der Waals surface area (Å²) in [5.74, 6) is -0.184. The van der Waals surface area contributed by atoms with Crippen molar-refractivity contribution in [3.05, 3.63) is 30.1 Å². The van der Waals surface area contributed by atoms with Crippen molar-refractivity contribution in [1.82, 2.24) is 0 Å². The molecule has 0 bridgehead atoms. The van der Waals surface area contributed by atoms with Gasteiger partial charge in [-0.1, -0.05) is 19.8 Å². The van der Waals surface area contributed by atoms with Crippen molar-refractivity contribution < 1.29 is 4.39 Å². The van der Waals surface area contributed by atoms with Gasteiger partial charge in [0.25, 0.3) is 0 Å². The Hall–Kier alpha value is -1.05. The Morgan fingerprint density at radius 1 is 1.29 bits per heavy atom. The molecule has 1 N–H and O–H groups in total. The van der Waals surface area contributed by atoms with E-state index in [1.54, 1.807) is 12.1 Å². The number of unbranched alkanes of at least 4 members (excludes halogenated alkanes) is 1. The van der Waals surface area contributed by atoms with Crippen LogP contribution in [-0.4, -0.2) is 6.04 Å². The van der Waals surface area contributed by atoms with Gasteiger partial charge in [-0.25, -0.2) is 4.39 Å². The Balaban J connectivity index is 2.39. The highest BCUT2D eigenvalue weighted by Crippen LogP contribution is 2.11. The lowest BCUT2D eigenvalue weighted by atomic mass is 10.1. The number of anilines is 1. The summed E-state index contributed by atoms with van der Waals surface area (Å²) >= 11 is 0. The lowest BCUT2D eigenvalue weighted by Crippen LogP contribution is -2.14. The van der Waals surface area contributed by atoms with Crippen LogP contribution >= 0.6 is 0 Å². The Morgan fingerprint density at radius 2 is 1.93 bits per heavy atom. The molecule has 78 valence electrons. The average Bonchev–Trinajstić information content (AvgIpc) is 2.18. The van der Waals surface area contributed by atoms with E-state index in [-0.39, 0.29) is 5.82 Å². The van der Waals surface area contributed by atoms with Gasteiger partial charge in [0.05, 0.1) is 0 Å². The molecule has 0 radical (unpaired) electrons. The SMILES string of the molecule is CCCCC(C)Nc1ccc(F)cc1. The van der Waals surface area contributed by atoms with E-state index in [4.69, 9.17) is 0 Å². The van der Waals surface area contributed by atoms with Crippen molar-refractivity contribution in [3.63, 3.8) is 0 Å². The second-order valence-electron chi connectivity index (χ2n) is 3.69. The number of hydrogen-bond donors (Lipinski definition) is 1. The Morgan fingerprint density at radius 3 is 2.50 bits per heavy atom. The molecule has 0 saturated carbocycles. The Labute approximate surface area is 85.3 Å². The topological polar surface area (TPSA) is 12.0 Å². The summed E-state index contributed by atoms with van der Waals surface area (Å²) in [6.45, 7) is 4.34. The van der Waals surface area contributed by atoms with Gasteiger partial charge in [0.1, 0.15) is 5.82 Å². The van der Waals surface area contributed by atoms with Gasteiger partial charge in [-0.05, 0) is 37.6 Å². The molecular weight excluding hydrogens is 177 g/mol. The summed E-state index contributed by atoms with van der Waals surface area (Å²) < 4.78 is 12.6. The quantitative estimate of drug-likeness (QED) is 0.753. The standard InChI is InChI=1S/C12H18FN/c1-3-4-5-10(2)14-12-8-6-11(13)7-9-12/h6-10,14H,3-5H2,1-2H3. The largest absolute Gasteiger partial charge is 0.383 e. The predicted molar refractivity (Wildman–Crippen MR) is 59.0 cm³/mol. The second-order valence-corrected chi connectivity index (χ2v) is 3.69. The molecule has 1 unspecified atom stereocenters. The van der Waals surface area contributed by atoms with Crippen molar-refractivity contribution in [3.8, 4) is 0 Å². The maximum atomic E-state index is 12.6. The third-order valence-electron chi connectivity index (χ3n) is 2.25. The first-order valence-corrected chi connectivity index (χ1v) is 5.24. The van der Waals surface area contributed by atoms with Crippen LogP contribution in [0.5, 0.6) is 0 Å². The van der Waals surface area contributed by atoms with E-state index in [1.807, 2.05) is 0 Å². The molecule has 0 aromatic heterocycles. The van der Waals surface area contributed by atoms with Gasteiger partial charge in [0, 0.05) is 11.7 Å². The third-order valence-corrected chi connectivity index (χ3v) is 2.25. The van der Waals surface area contributed by atoms with Crippen LogP contribution in [0.15, 0.2) is 24.3 Å². The average molecular weight is 195 g/mol. The van der Waals surface area contributed by atoms with Crippen molar-refractivity contribution in [1.29, 1.82) is 0 Å². The number of halogens is 1. The monoisotopic (exact) mass is 195 g/mol. The van der Waals surface area contributed by atoms with Crippen molar-refractivity contribution in [2.75, 3.05) is 5.32 Å². The zero-order chi connectivity index (χ0) is 10.4. The fourth-order valence-electron chi connectivity index (χ4n) is 1.41. The van der Waals surface area contributed by atoms with E-state index in [0.29, 0.717) is 6.04 Å². The summed E-state index contributed by atoms with van der Waals surface area (Å²) in [5, 5.41) is 3.34. The van der Waals surface area contributed by atoms with Crippen LogP contribution in [0, 0.1) is 5.82 Å². The zero-order valence-electron chi connectivity index (χ0n) is 8.89. The number of hydrogen-bond acceptors (Lipinski definition) is 1. The number of nitrogens with one attached hydrogen (secondary N) is 1. The van der Waals surface area contributed by atoms with Gasteiger partial charge in [0.2, 0.25) is 0 Å². The molecule has 0 heterocycles. The molecule has 1 atom stereocenters. The Kier molecular flexibility index (Phi) is 4.44. The molecule has 0 saturated heterocycles. The molecule has 0 spiro atoms. The summed E-state index contributed by atoms with van der Waals surface area (Å²) in [6.07, 6.45) is 3.61. The molecule has 0 fully saturated rings. The Bertz CT molecular complexity index is 256. The smallest absolute Gasteiger partial charge is 0.123 e. The van der Waals surface area contributed by atoms with E-state index in [1.165, 1.54) is 25.0 Å². The van der Waals surface area contributed by atoms with E-state index >= 15 is 0 Å². The van der Waals surface area contributed by atoms with Crippen molar-refractivity contribution in [2.45, 2.75) is 39.2 Å². The van der Waals surface area contributed by atoms with Crippen LogP contribution in [0.3, 0.4) is 0 Å². The molecule has 1 aromatic carbocycles. The third kappa shape index (κ3) is 3.77. The first-order chi connectivity index (χ1) is 6.72. The van der Waals surface area contributed by atoms with Crippen molar-refractivity contribution in [2.24, 2.45) is 0 Å². The van der Waals surface area contributed by atoms with Gasteiger partial charge in [-0.15, -0.1) is 0 Å². The minimum atomic E-state index is -0.184. The van der Waals surface area contributed by atoms with Gasteiger partial charge < -0.3 is 5.32 Å². The van der Waals surface area contributed by atoms with Gasteiger partial charge in [0.15, 0.2) is 0 Å². The molecule has 1 nitrogen and oxygen atoms in total. The molecule has 0 aliphatic carbocycles. The lowest BCUT2D eigenvalue weighted by molar-refractivity contribution is 0.626. The summed E-state index contributed by atoms with van der Waals surface area (Å²) in [7, 11) is 0. The van der Waals surface area contributed by atoms with E-state index in [0.717, 1.165) is 12.1 Å². The summed E-state index contributed by atoms with van der Waals surface area (Å²) in [5.41, 5.74) is 0.995. The predicted octanol–water partition coefficient (Wildman–Crippen LogP) is 3.82.